The maximum absolute atomic E-state index is 4.61. The van der Waals surface area contributed by atoms with Gasteiger partial charge in [-0.3, -0.25) is 0 Å². The quantitative estimate of drug-likeness (QED) is 0.728. The third kappa shape index (κ3) is 4.28. The van der Waals surface area contributed by atoms with Gasteiger partial charge < -0.3 is 10.2 Å². The number of thiophene rings is 1. The fourth-order valence-corrected chi connectivity index (χ4v) is 4.12. The Morgan fingerprint density at radius 3 is 2.81 bits per heavy atom. The number of rotatable bonds is 6. The summed E-state index contributed by atoms with van der Waals surface area (Å²) in [7, 11) is 2.10. The molecule has 1 aliphatic rings. The van der Waals surface area contributed by atoms with E-state index in [4.69, 9.17) is 0 Å². The smallest absolute Gasteiger partial charge is 0.133 e. The molecule has 3 rings (SSSR count). The van der Waals surface area contributed by atoms with Gasteiger partial charge in [-0.15, -0.1) is 11.3 Å². The van der Waals surface area contributed by atoms with Crippen molar-refractivity contribution in [2.75, 3.05) is 11.9 Å². The van der Waals surface area contributed by atoms with Crippen molar-refractivity contribution in [1.29, 1.82) is 0 Å². The van der Waals surface area contributed by atoms with Crippen LogP contribution >= 0.6 is 43.2 Å². The summed E-state index contributed by atoms with van der Waals surface area (Å²) in [5, 5.41) is 5.69. The molecule has 6 heteroatoms. The second-order valence-electron chi connectivity index (χ2n) is 5.38. The molecule has 0 radical (unpaired) electrons. The van der Waals surface area contributed by atoms with Crippen LogP contribution in [0.5, 0.6) is 0 Å². The topological polar surface area (TPSA) is 28.2 Å². The van der Waals surface area contributed by atoms with E-state index < -0.39 is 0 Å². The van der Waals surface area contributed by atoms with E-state index in [9.17, 15) is 0 Å². The SMILES string of the molecule is CN(Cc1cc(Br)cs1)c1ncc(Br)cc1CNC1CC1. The van der Waals surface area contributed by atoms with Crippen molar-refractivity contribution in [1.82, 2.24) is 10.3 Å². The zero-order valence-corrected chi connectivity index (χ0v) is 15.8. The van der Waals surface area contributed by atoms with Gasteiger partial charge in [0.25, 0.3) is 0 Å². The highest BCUT2D eigenvalue weighted by atomic mass is 79.9. The Morgan fingerprint density at radius 1 is 1.33 bits per heavy atom. The molecule has 0 spiro atoms. The Balaban J connectivity index is 1.75. The lowest BCUT2D eigenvalue weighted by molar-refractivity contribution is 0.682. The highest BCUT2D eigenvalue weighted by molar-refractivity contribution is 9.10. The molecule has 2 aromatic heterocycles. The highest BCUT2D eigenvalue weighted by Crippen LogP contribution is 2.26. The maximum Gasteiger partial charge on any atom is 0.133 e. The number of pyridine rings is 1. The molecule has 0 bridgehead atoms. The summed E-state index contributed by atoms with van der Waals surface area (Å²) >= 11 is 8.80. The lowest BCUT2D eigenvalue weighted by atomic mass is 10.2. The van der Waals surface area contributed by atoms with Gasteiger partial charge in [-0.25, -0.2) is 4.98 Å². The van der Waals surface area contributed by atoms with E-state index in [1.165, 1.54) is 23.3 Å². The van der Waals surface area contributed by atoms with E-state index in [1.54, 1.807) is 11.3 Å². The molecule has 3 nitrogen and oxygen atoms in total. The van der Waals surface area contributed by atoms with Crippen LogP contribution < -0.4 is 10.2 Å². The third-order valence-electron chi connectivity index (χ3n) is 3.44. The third-order valence-corrected chi connectivity index (χ3v) is 5.56. The van der Waals surface area contributed by atoms with Crippen molar-refractivity contribution in [3.8, 4) is 0 Å². The highest BCUT2D eigenvalue weighted by Gasteiger charge is 2.21. The van der Waals surface area contributed by atoms with Gasteiger partial charge in [-0.05, 0) is 56.8 Å². The van der Waals surface area contributed by atoms with E-state index in [0.29, 0.717) is 6.04 Å². The standard InChI is InChI=1S/C15H17Br2N3S/c1-20(8-14-5-12(17)9-21-14)15-10(4-11(16)7-19-15)6-18-13-2-3-13/h4-5,7,9,13,18H,2-3,6,8H2,1H3. The van der Waals surface area contributed by atoms with Crippen molar-refractivity contribution >= 4 is 49.0 Å². The monoisotopic (exact) mass is 429 g/mol. The number of hydrogen-bond acceptors (Lipinski definition) is 4. The molecule has 0 aliphatic heterocycles. The van der Waals surface area contributed by atoms with Crippen LogP contribution in [-0.2, 0) is 13.1 Å². The first kappa shape index (κ1) is 15.5. The lowest BCUT2D eigenvalue weighted by Gasteiger charge is -2.21. The Kier molecular flexibility index (Phi) is 4.99. The number of nitrogens with one attached hydrogen (secondary N) is 1. The van der Waals surface area contributed by atoms with Gasteiger partial charge in [-0.1, -0.05) is 0 Å². The fourth-order valence-electron chi connectivity index (χ4n) is 2.23. The van der Waals surface area contributed by atoms with Crippen molar-refractivity contribution in [3.63, 3.8) is 0 Å². The van der Waals surface area contributed by atoms with E-state index in [1.807, 2.05) is 6.20 Å². The Morgan fingerprint density at radius 2 is 2.14 bits per heavy atom. The second kappa shape index (κ2) is 6.77. The van der Waals surface area contributed by atoms with Crippen LogP contribution in [0.25, 0.3) is 0 Å². The van der Waals surface area contributed by atoms with Crippen molar-refractivity contribution < 1.29 is 0 Å². The summed E-state index contributed by atoms with van der Waals surface area (Å²) in [6.07, 6.45) is 4.47. The van der Waals surface area contributed by atoms with Crippen LogP contribution in [0.15, 0.2) is 32.7 Å². The molecular formula is C15H17Br2N3S. The normalized spacial score (nSPS) is 14.4. The summed E-state index contributed by atoms with van der Waals surface area (Å²) < 4.78 is 2.18. The zero-order valence-electron chi connectivity index (χ0n) is 11.8. The fraction of sp³-hybridized carbons (Fsp3) is 0.400. The average molecular weight is 431 g/mol. The van der Waals surface area contributed by atoms with E-state index in [2.05, 4.69) is 71.6 Å². The van der Waals surface area contributed by atoms with Crippen LogP contribution in [0.2, 0.25) is 0 Å². The molecular weight excluding hydrogens is 414 g/mol. The largest absolute Gasteiger partial charge is 0.354 e. The molecule has 0 amide bonds. The van der Waals surface area contributed by atoms with Crippen LogP contribution in [0, 0.1) is 0 Å². The molecule has 2 heterocycles. The molecule has 21 heavy (non-hydrogen) atoms. The molecule has 1 N–H and O–H groups in total. The Hall–Kier alpha value is -0.430. The second-order valence-corrected chi connectivity index (χ2v) is 8.21. The predicted octanol–water partition coefficient (Wildman–Crippen LogP) is 4.56. The van der Waals surface area contributed by atoms with Crippen LogP contribution in [0.1, 0.15) is 23.3 Å². The lowest BCUT2D eigenvalue weighted by Crippen LogP contribution is -2.22. The molecule has 1 aliphatic carbocycles. The van der Waals surface area contributed by atoms with E-state index in [-0.39, 0.29) is 0 Å². The van der Waals surface area contributed by atoms with Gasteiger partial charge in [-0.2, -0.15) is 0 Å². The Labute approximate surface area is 146 Å². The van der Waals surface area contributed by atoms with Crippen molar-refractivity contribution in [2.24, 2.45) is 0 Å². The van der Waals surface area contributed by atoms with E-state index in [0.717, 1.165) is 27.9 Å². The van der Waals surface area contributed by atoms with Crippen molar-refractivity contribution in [2.45, 2.75) is 32.0 Å². The number of hydrogen-bond donors (Lipinski definition) is 1. The molecule has 1 saturated carbocycles. The number of halogens is 2. The van der Waals surface area contributed by atoms with Crippen LogP contribution in [0.4, 0.5) is 5.82 Å². The van der Waals surface area contributed by atoms with Crippen LogP contribution in [0.3, 0.4) is 0 Å². The van der Waals surface area contributed by atoms with Gasteiger partial charge in [0.1, 0.15) is 5.82 Å². The maximum atomic E-state index is 4.61. The molecule has 0 unspecified atom stereocenters. The Bertz CT molecular complexity index is 625. The average Bonchev–Trinajstić information content (AvgIpc) is 3.19. The van der Waals surface area contributed by atoms with Gasteiger partial charge in [0.2, 0.25) is 0 Å². The minimum Gasteiger partial charge on any atom is -0.354 e. The van der Waals surface area contributed by atoms with Gasteiger partial charge in [0, 0.05) is 50.6 Å². The first-order valence-electron chi connectivity index (χ1n) is 6.93. The summed E-state index contributed by atoms with van der Waals surface area (Å²) in [4.78, 5) is 8.16. The summed E-state index contributed by atoms with van der Waals surface area (Å²) in [6.45, 7) is 1.76. The number of aromatic nitrogens is 1. The minimum absolute atomic E-state index is 0.704. The number of nitrogens with zero attached hydrogens (tertiary/aromatic N) is 2. The molecule has 2 aromatic rings. The first-order chi connectivity index (χ1) is 10.1. The minimum atomic E-state index is 0.704. The molecule has 112 valence electrons. The number of anilines is 1. The summed E-state index contributed by atoms with van der Waals surface area (Å²) in [5.74, 6) is 1.05. The summed E-state index contributed by atoms with van der Waals surface area (Å²) in [5.41, 5.74) is 1.24. The van der Waals surface area contributed by atoms with Gasteiger partial charge >= 0.3 is 0 Å². The molecule has 1 fully saturated rings. The van der Waals surface area contributed by atoms with E-state index >= 15 is 0 Å². The van der Waals surface area contributed by atoms with Crippen molar-refractivity contribution in [3.05, 3.63) is 43.1 Å². The van der Waals surface area contributed by atoms with Gasteiger partial charge in [0.05, 0.1) is 6.54 Å². The molecule has 0 saturated heterocycles. The first-order valence-corrected chi connectivity index (χ1v) is 9.40. The summed E-state index contributed by atoms with van der Waals surface area (Å²) in [6, 6.07) is 5.04. The zero-order chi connectivity index (χ0) is 14.8. The predicted molar refractivity (Wildman–Crippen MR) is 95.9 cm³/mol. The van der Waals surface area contributed by atoms with Gasteiger partial charge in [0.15, 0.2) is 0 Å². The van der Waals surface area contributed by atoms with Crippen LogP contribution in [-0.4, -0.2) is 18.1 Å². The molecule has 0 aromatic carbocycles. The molecule has 0 atom stereocenters.